The summed E-state index contributed by atoms with van der Waals surface area (Å²) in [5.41, 5.74) is 7.98. The fourth-order valence-corrected chi connectivity index (χ4v) is 6.40. The van der Waals surface area contributed by atoms with Crippen molar-refractivity contribution in [3.63, 3.8) is 0 Å². The van der Waals surface area contributed by atoms with Gasteiger partial charge in [-0.1, -0.05) is 29.8 Å². The van der Waals surface area contributed by atoms with Crippen molar-refractivity contribution in [1.29, 1.82) is 0 Å². The first kappa shape index (κ1) is 18.1. The van der Waals surface area contributed by atoms with Crippen LogP contribution >= 0.6 is 0 Å². The van der Waals surface area contributed by atoms with Crippen LogP contribution in [-0.2, 0) is 24.0 Å². The molecule has 0 bridgehead atoms. The Balaban J connectivity index is 1.69. The minimum absolute atomic E-state index is 0.698. The number of rotatable bonds is 1. The Labute approximate surface area is 179 Å². The summed E-state index contributed by atoms with van der Waals surface area (Å²) in [6.07, 6.45) is 4.64. The molecule has 6 rings (SSSR count). The number of hydrogen-bond donors (Lipinski definition) is 0. The molecular formula is C26H23NO2S. The summed E-state index contributed by atoms with van der Waals surface area (Å²) >= 11 is -1.28. The molecule has 0 saturated heterocycles. The zero-order chi connectivity index (χ0) is 20.4. The van der Waals surface area contributed by atoms with Crippen molar-refractivity contribution >= 4 is 39.4 Å². The first-order valence-electron chi connectivity index (χ1n) is 10.6. The van der Waals surface area contributed by atoms with Gasteiger partial charge in [0.15, 0.2) is 4.90 Å². The summed E-state index contributed by atoms with van der Waals surface area (Å²) in [4.78, 5) is 3.87. The van der Waals surface area contributed by atoms with E-state index in [0.717, 1.165) is 56.1 Å². The normalized spacial score (nSPS) is 17.6. The zero-order valence-electron chi connectivity index (χ0n) is 17.2. The number of hydrogen-bond acceptors (Lipinski definition) is 3. The summed E-state index contributed by atoms with van der Waals surface area (Å²) in [5, 5.41) is 0.949. The second-order valence-electron chi connectivity index (χ2n) is 8.43. The molecule has 150 valence electrons. The van der Waals surface area contributed by atoms with Crippen LogP contribution < -0.4 is 4.90 Å². The molecular weight excluding hydrogens is 390 g/mol. The van der Waals surface area contributed by atoms with Gasteiger partial charge in [-0.25, -0.2) is 0 Å². The lowest BCUT2D eigenvalue weighted by Gasteiger charge is -2.32. The van der Waals surface area contributed by atoms with E-state index in [4.69, 9.17) is 4.42 Å². The third-order valence-corrected chi connectivity index (χ3v) is 7.83. The number of aryl methyl sites for hydroxylation is 3. The lowest BCUT2D eigenvalue weighted by atomic mass is 9.90. The van der Waals surface area contributed by atoms with Crippen molar-refractivity contribution in [1.82, 2.24) is 0 Å². The third kappa shape index (κ3) is 2.57. The van der Waals surface area contributed by atoms with Crippen LogP contribution in [0.25, 0.3) is 11.0 Å². The van der Waals surface area contributed by atoms with Crippen molar-refractivity contribution in [3.05, 3.63) is 76.9 Å². The Morgan fingerprint density at radius 2 is 1.70 bits per heavy atom. The molecule has 4 heteroatoms. The zero-order valence-corrected chi connectivity index (χ0v) is 18.0. The average molecular weight is 414 g/mol. The fourth-order valence-electron chi connectivity index (χ4n) is 4.89. The Kier molecular flexibility index (Phi) is 4.02. The molecule has 1 aliphatic heterocycles. The molecule has 1 unspecified atom stereocenters. The molecule has 0 N–H and O–H groups in total. The Bertz CT molecular complexity index is 1310. The fraction of sp³-hybridized carbons (Fsp3) is 0.231. The highest BCUT2D eigenvalue weighted by molar-refractivity contribution is 7.92. The second kappa shape index (κ2) is 6.66. The van der Waals surface area contributed by atoms with Gasteiger partial charge in [0, 0.05) is 11.2 Å². The van der Waals surface area contributed by atoms with E-state index >= 15 is 0 Å². The predicted octanol–water partition coefficient (Wildman–Crippen LogP) is 6.88. The van der Waals surface area contributed by atoms with Crippen LogP contribution in [0.3, 0.4) is 0 Å². The van der Waals surface area contributed by atoms with E-state index < -0.39 is 11.2 Å². The van der Waals surface area contributed by atoms with Crippen molar-refractivity contribution in [2.75, 3.05) is 4.90 Å². The molecule has 3 nitrogen and oxygen atoms in total. The van der Waals surface area contributed by atoms with E-state index in [1.165, 1.54) is 24.0 Å². The van der Waals surface area contributed by atoms with Gasteiger partial charge in [-0.2, -0.15) is 0 Å². The molecule has 2 aliphatic rings. The highest BCUT2D eigenvalue weighted by Gasteiger charge is 2.41. The minimum atomic E-state index is -1.28. The van der Waals surface area contributed by atoms with Crippen molar-refractivity contribution in [2.24, 2.45) is 0 Å². The van der Waals surface area contributed by atoms with E-state index in [-0.39, 0.29) is 0 Å². The van der Waals surface area contributed by atoms with Crippen molar-refractivity contribution in [2.45, 2.75) is 49.3 Å². The van der Waals surface area contributed by atoms with Crippen LogP contribution in [0.5, 0.6) is 0 Å². The molecule has 3 aromatic carbocycles. The van der Waals surface area contributed by atoms with Gasteiger partial charge in [0.25, 0.3) is 5.88 Å². The van der Waals surface area contributed by atoms with Gasteiger partial charge in [-0.3, -0.25) is 4.90 Å². The molecule has 1 atom stereocenters. The van der Waals surface area contributed by atoms with E-state index in [0.29, 0.717) is 5.88 Å². The quantitative estimate of drug-likeness (QED) is 0.319. The number of furan rings is 1. The number of benzene rings is 3. The van der Waals surface area contributed by atoms with Crippen molar-refractivity contribution < 1.29 is 8.97 Å². The topological polar surface area (TPSA) is 39.4 Å². The number of fused-ring (bicyclic) bond motifs is 5. The maximum atomic E-state index is 13.7. The summed E-state index contributed by atoms with van der Waals surface area (Å²) in [5.74, 6) is 0.698. The monoisotopic (exact) mass is 413 g/mol. The number of nitrogens with zero attached hydrogens (tertiary/aromatic N) is 1. The molecule has 0 amide bonds. The van der Waals surface area contributed by atoms with Gasteiger partial charge in [0.1, 0.15) is 11.3 Å². The van der Waals surface area contributed by atoms with Crippen LogP contribution in [0.1, 0.15) is 35.1 Å². The third-order valence-electron chi connectivity index (χ3n) is 6.34. The van der Waals surface area contributed by atoms with Crippen LogP contribution in [0, 0.1) is 13.8 Å². The Morgan fingerprint density at radius 3 is 2.60 bits per heavy atom. The van der Waals surface area contributed by atoms with Crippen LogP contribution in [-0.4, -0.2) is 4.55 Å². The second-order valence-corrected chi connectivity index (χ2v) is 9.82. The Morgan fingerprint density at radius 1 is 0.900 bits per heavy atom. The van der Waals surface area contributed by atoms with Crippen molar-refractivity contribution in [3.8, 4) is 0 Å². The van der Waals surface area contributed by atoms with E-state index in [1.54, 1.807) is 0 Å². The molecule has 1 aliphatic carbocycles. The van der Waals surface area contributed by atoms with Crippen LogP contribution in [0.15, 0.2) is 68.8 Å². The summed E-state index contributed by atoms with van der Waals surface area (Å²) in [7, 11) is 0. The van der Waals surface area contributed by atoms with Gasteiger partial charge < -0.3 is 8.97 Å². The molecule has 4 aromatic rings. The summed E-state index contributed by atoms with van der Waals surface area (Å²) in [6.45, 7) is 4.12. The van der Waals surface area contributed by atoms with Gasteiger partial charge in [-0.15, -0.1) is 0 Å². The molecule has 2 heterocycles. The molecule has 0 spiro atoms. The molecule has 30 heavy (non-hydrogen) atoms. The van der Waals surface area contributed by atoms with Gasteiger partial charge in [0.05, 0.1) is 11.1 Å². The standard InChI is InChI=1S/C26H23NO2S/c1-16-11-13-23-20(14-16)25-26(29-23)27(22-12-10-17(2)15-24(22)30(25)28)21-9-5-7-18-6-3-4-8-19(18)21/h5,7,9-15H,3-4,6,8H2,1-2H3. The molecule has 0 radical (unpaired) electrons. The summed E-state index contributed by atoms with van der Waals surface area (Å²) < 4.78 is 20.1. The van der Waals surface area contributed by atoms with Gasteiger partial charge in [0.2, 0.25) is 4.90 Å². The maximum Gasteiger partial charge on any atom is 0.263 e. The predicted molar refractivity (Wildman–Crippen MR) is 122 cm³/mol. The minimum Gasteiger partial charge on any atom is -0.606 e. The average Bonchev–Trinajstić information content (AvgIpc) is 3.13. The van der Waals surface area contributed by atoms with Gasteiger partial charge >= 0.3 is 0 Å². The SMILES string of the molecule is Cc1ccc2c(c1)[S+]([O-])c1c(oc3ccc(C)cc13)N2c1cccc2c1CCCC2. The highest BCUT2D eigenvalue weighted by Crippen LogP contribution is 2.53. The Hall–Kier alpha value is -2.69. The van der Waals surface area contributed by atoms with Crippen LogP contribution in [0.4, 0.5) is 17.3 Å². The molecule has 0 fully saturated rings. The summed E-state index contributed by atoms with van der Waals surface area (Å²) in [6, 6.07) is 19.0. The lowest BCUT2D eigenvalue weighted by molar-refractivity contribution is 0.579. The lowest BCUT2D eigenvalue weighted by Crippen LogP contribution is -2.23. The number of anilines is 3. The highest BCUT2D eigenvalue weighted by atomic mass is 32.2. The van der Waals surface area contributed by atoms with E-state index in [1.807, 2.05) is 12.1 Å². The smallest absolute Gasteiger partial charge is 0.263 e. The first-order chi connectivity index (χ1) is 14.6. The van der Waals surface area contributed by atoms with E-state index in [2.05, 4.69) is 61.2 Å². The van der Waals surface area contributed by atoms with E-state index in [9.17, 15) is 4.55 Å². The molecule has 0 saturated carbocycles. The maximum absolute atomic E-state index is 13.7. The first-order valence-corrected chi connectivity index (χ1v) is 11.7. The molecule has 1 aromatic heterocycles. The van der Waals surface area contributed by atoms with Crippen LogP contribution in [0.2, 0.25) is 0 Å². The largest absolute Gasteiger partial charge is 0.606 e. The van der Waals surface area contributed by atoms with Gasteiger partial charge in [-0.05, 0) is 86.6 Å².